The van der Waals surface area contributed by atoms with Crippen molar-refractivity contribution < 1.29 is 14.3 Å². The molecule has 0 spiro atoms. The number of ketones is 1. The first-order chi connectivity index (χ1) is 10.3. The Hall–Kier alpha value is -1.59. The number of nitrogens with zero attached hydrogens (tertiary/aromatic N) is 1. The molecular formula is C17H27ClN2O3. The highest BCUT2D eigenvalue weighted by Gasteiger charge is 2.13. The molecule has 5 nitrogen and oxygen atoms in total. The van der Waals surface area contributed by atoms with Crippen LogP contribution in [0.15, 0.2) is 24.3 Å². The molecule has 130 valence electrons. The van der Waals surface area contributed by atoms with Crippen molar-refractivity contribution in [2.45, 2.75) is 33.2 Å². The molecule has 0 fully saturated rings. The molecule has 0 saturated carbocycles. The van der Waals surface area contributed by atoms with Gasteiger partial charge in [0.1, 0.15) is 5.75 Å². The molecule has 1 unspecified atom stereocenters. The molecule has 0 aromatic heterocycles. The van der Waals surface area contributed by atoms with E-state index in [9.17, 15) is 9.59 Å². The van der Waals surface area contributed by atoms with Crippen LogP contribution in [0, 0.1) is 5.92 Å². The van der Waals surface area contributed by atoms with Crippen LogP contribution in [0.1, 0.15) is 37.6 Å². The van der Waals surface area contributed by atoms with E-state index in [1.807, 2.05) is 0 Å². The Balaban J connectivity index is 0.00000484. The summed E-state index contributed by atoms with van der Waals surface area (Å²) in [4.78, 5) is 24.9. The largest absolute Gasteiger partial charge is 0.484 e. The number of carbonyl (C=O) groups excluding carboxylic acids is 2. The Morgan fingerprint density at radius 1 is 1.30 bits per heavy atom. The second-order valence-electron chi connectivity index (χ2n) is 5.88. The quantitative estimate of drug-likeness (QED) is 0.737. The lowest BCUT2D eigenvalue weighted by Gasteiger charge is -2.21. The normalized spacial score (nSPS) is 11.6. The van der Waals surface area contributed by atoms with Crippen LogP contribution in [0.5, 0.6) is 5.75 Å². The topological polar surface area (TPSA) is 72.6 Å². The monoisotopic (exact) mass is 342 g/mol. The van der Waals surface area contributed by atoms with Crippen molar-refractivity contribution in [1.29, 1.82) is 0 Å². The smallest absolute Gasteiger partial charge is 0.260 e. The lowest BCUT2D eigenvalue weighted by Crippen LogP contribution is -2.36. The van der Waals surface area contributed by atoms with E-state index in [-0.39, 0.29) is 36.7 Å². The number of ether oxygens (including phenoxy) is 1. The second kappa shape index (κ2) is 10.2. The first-order valence-corrected chi connectivity index (χ1v) is 7.54. The van der Waals surface area contributed by atoms with Crippen LogP contribution >= 0.6 is 12.4 Å². The zero-order valence-corrected chi connectivity index (χ0v) is 15.1. The number of rotatable bonds is 8. The molecule has 0 aliphatic heterocycles. The molecule has 1 amide bonds. The molecule has 0 saturated heterocycles. The second-order valence-corrected chi connectivity index (χ2v) is 5.88. The third-order valence-corrected chi connectivity index (χ3v) is 3.68. The van der Waals surface area contributed by atoms with Crippen LogP contribution < -0.4 is 10.5 Å². The minimum atomic E-state index is -0.107. The summed E-state index contributed by atoms with van der Waals surface area (Å²) in [5.41, 5.74) is 6.54. The first-order valence-electron chi connectivity index (χ1n) is 7.54. The number of carbonyl (C=O) groups is 2. The Kier molecular flexibility index (Phi) is 9.53. The summed E-state index contributed by atoms with van der Waals surface area (Å²) >= 11 is 0. The van der Waals surface area contributed by atoms with Crippen molar-refractivity contribution in [3.8, 4) is 5.75 Å². The third kappa shape index (κ3) is 7.48. The van der Waals surface area contributed by atoms with Gasteiger partial charge in [0.15, 0.2) is 12.4 Å². The van der Waals surface area contributed by atoms with Gasteiger partial charge >= 0.3 is 0 Å². The van der Waals surface area contributed by atoms with E-state index >= 15 is 0 Å². The molecular weight excluding hydrogens is 316 g/mol. The van der Waals surface area contributed by atoms with Crippen LogP contribution in [0.2, 0.25) is 0 Å². The van der Waals surface area contributed by atoms with E-state index in [1.165, 1.54) is 6.92 Å². The van der Waals surface area contributed by atoms with E-state index in [0.717, 1.165) is 6.42 Å². The standard InChI is InChI=1S/C17H26N2O3.ClH/c1-12(2)16(18)8-9-19(4)17(21)11-22-15-7-5-6-14(10-15)13(3)20;/h5-7,10,12,16H,8-9,11,18H2,1-4H3;1H. The summed E-state index contributed by atoms with van der Waals surface area (Å²) in [5, 5.41) is 0. The number of amides is 1. The van der Waals surface area contributed by atoms with E-state index in [1.54, 1.807) is 36.2 Å². The Morgan fingerprint density at radius 3 is 2.52 bits per heavy atom. The molecule has 0 bridgehead atoms. The number of likely N-dealkylation sites (N-methyl/N-ethyl adjacent to an activating group) is 1. The van der Waals surface area contributed by atoms with Crippen LogP contribution in [0.3, 0.4) is 0 Å². The molecule has 6 heteroatoms. The number of hydrogen-bond donors (Lipinski definition) is 1. The summed E-state index contributed by atoms with van der Waals surface area (Å²) < 4.78 is 5.46. The molecule has 1 aromatic carbocycles. The Bertz CT molecular complexity index is 520. The fourth-order valence-electron chi connectivity index (χ4n) is 1.86. The van der Waals surface area contributed by atoms with Crippen molar-refractivity contribution in [3.63, 3.8) is 0 Å². The number of Topliss-reactive ketones (excluding diaryl/α,β-unsaturated/α-hetero) is 1. The van der Waals surface area contributed by atoms with Crippen molar-refractivity contribution >= 4 is 24.1 Å². The maximum Gasteiger partial charge on any atom is 0.260 e. The minimum Gasteiger partial charge on any atom is -0.484 e. The van der Waals surface area contributed by atoms with E-state index in [4.69, 9.17) is 10.5 Å². The van der Waals surface area contributed by atoms with Gasteiger partial charge in [0.25, 0.3) is 5.91 Å². The molecule has 1 rings (SSSR count). The fraction of sp³-hybridized carbons (Fsp3) is 0.529. The molecule has 23 heavy (non-hydrogen) atoms. The highest BCUT2D eigenvalue weighted by Crippen LogP contribution is 2.14. The molecule has 2 N–H and O–H groups in total. The van der Waals surface area contributed by atoms with Gasteiger partial charge in [-0.25, -0.2) is 0 Å². The fourth-order valence-corrected chi connectivity index (χ4v) is 1.86. The minimum absolute atomic E-state index is 0. The summed E-state index contributed by atoms with van der Waals surface area (Å²) in [6.07, 6.45) is 0.764. The van der Waals surface area contributed by atoms with E-state index in [2.05, 4.69) is 13.8 Å². The molecule has 1 atom stereocenters. The van der Waals surface area contributed by atoms with Gasteiger partial charge in [0.2, 0.25) is 0 Å². The number of hydrogen-bond acceptors (Lipinski definition) is 4. The SMILES string of the molecule is CC(=O)c1cccc(OCC(=O)N(C)CCC(N)C(C)C)c1.Cl. The molecule has 0 aliphatic rings. The van der Waals surface area contributed by atoms with Crippen LogP contribution in [-0.2, 0) is 4.79 Å². The molecule has 0 aliphatic carbocycles. The Morgan fingerprint density at radius 2 is 1.96 bits per heavy atom. The average molecular weight is 343 g/mol. The van der Waals surface area contributed by atoms with Gasteiger partial charge in [0, 0.05) is 25.2 Å². The number of halogens is 1. The summed E-state index contributed by atoms with van der Waals surface area (Å²) in [6, 6.07) is 6.92. The van der Waals surface area contributed by atoms with Gasteiger partial charge in [-0.2, -0.15) is 0 Å². The van der Waals surface area contributed by atoms with Gasteiger partial charge < -0.3 is 15.4 Å². The van der Waals surface area contributed by atoms with Crippen LogP contribution in [-0.4, -0.2) is 42.8 Å². The van der Waals surface area contributed by atoms with Gasteiger partial charge in [-0.3, -0.25) is 9.59 Å². The molecule has 0 radical (unpaired) electrons. The highest BCUT2D eigenvalue weighted by atomic mass is 35.5. The van der Waals surface area contributed by atoms with Crippen molar-refractivity contribution in [2.24, 2.45) is 11.7 Å². The predicted octanol–water partition coefficient (Wildman–Crippen LogP) is 2.52. The zero-order chi connectivity index (χ0) is 16.7. The summed E-state index contributed by atoms with van der Waals surface area (Å²) in [7, 11) is 1.74. The highest BCUT2D eigenvalue weighted by molar-refractivity contribution is 5.94. The molecule has 0 heterocycles. The number of nitrogens with two attached hydrogens (primary N) is 1. The lowest BCUT2D eigenvalue weighted by molar-refractivity contribution is -0.132. The Labute approximate surface area is 144 Å². The zero-order valence-electron chi connectivity index (χ0n) is 14.2. The average Bonchev–Trinajstić information content (AvgIpc) is 2.49. The van der Waals surface area contributed by atoms with Gasteiger partial charge in [-0.1, -0.05) is 26.0 Å². The molecule has 1 aromatic rings. The maximum atomic E-state index is 12.0. The van der Waals surface area contributed by atoms with Gasteiger partial charge in [0.05, 0.1) is 0 Å². The van der Waals surface area contributed by atoms with Crippen molar-refractivity contribution in [3.05, 3.63) is 29.8 Å². The summed E-state index contributed by atoms with van der Waals surface area (Å²) in [5.74, 6) is 0.781. The number of benzene rings is 1. The van der Waals surface area contributed by atoms with E-state index < -0.39 is 0 Å². The first kappa shape index (κ1) is 21.4. The van der Waals surface area contributed by atoms with Gasteiger partial charge in [-0.15, -0.1) is 12.4 Å². The predicted molar refractivity (Wildman–Crippen MR) is 94.3 cm³/mol. The lowest BCUT2D eigenvalue weighted by atomic mass is 10.0. The summed E-state index contributed by atoms with van der Waals surface area (Å²) in [6.45, 7) is 6.19. The third-order valence-electron chi connectivity index (χ3n) is 3.68. The van der Waals surface area contributed by atoms with E-state index in [0.29, 0.717) is 23.8 Å². The van der Waals surface area contributed by atoms with Crippen molar-refractivity contribution in [2.75, 3.05) is 20.2 Å². The van der Waals surface area contributed by atoms with Crippen molar-refractivity contribution in [1.82, 2.24) is 4.90 Å². The van der Waals surface area contributed by atoms with Crippen LogP contribution in [0.25, 0.3) is 0 Å². The van der Waals surface area contributed by atoms with Crippen LogP contribution in [0.4, 0.5) is 0 Å². The maximum absolute atomic E-state index is 12.0. The van der Waals surface area contributed by atoms with Gasteiger partial charge in [-0.05, 0) is 31.4 Å².